The Kier molecular flexibility index (Phi) is 4.50. The van der Waals surface area contributed by atoms with E-state index in [0.29, 0.717) is 12.2 Å². The Morgan fingerprint density at radius 2 is 1.88 bits per heavy atom. The SMILES string of the molecule is CC(C)OC1CCN(c2nnc(-c3n[nH]c4c3CCCC4)n2C)CC1. The normalized spacial score (nSPS) is 18.8. The summed E-state index contributed by atoms with van der Waals surface area (Å²) in [5, 5.41) is 16.7. The summed E-state index contributed by atoms with van der Waals surface area (Å²) in [5.74, 6) is 1.81. The number of anilines is 1. The summed E-state index contributed by atoms with van der Waals surface area (Å²) in [5.41, 5.74) is 3.59. The second-order valence-corrected chi connectivity index (χ2v) is 7.49. The lowest BCUT2D eigenvalue weighted by atomic mass is 9.96. The van der Waals surface area contributed by atoms with Gasteiger partial charge in [0.15, 0.2) is 5.82 Å². The third kappa shape index (κ3) is 3.17. The minimum atomic E-state index is 0.295. The number of piperidine rings is 1. The minimum Gasteiger partial charge on any atom is -0.375 e. The first-order valence-electron chi connectivity index (χ1n) is 9.49. The van der Waals surface area contributed by atoms with Gasteiger partial charge in [-0.15, -0.1) is 10.2 Å². The molecule has 1 aliphatic heterocycles. The van der Waals surface area contributed by atoms with Gasteiger partial charge in [0.05, 0.1) is 12.2 Å². The summed E-state index contributed by atoms with van der Waals surface area (Å²) in [6.45, 7) is 6.13. The third-order valence-electron chi connectivity index (χ3n) is 5.31. The van der Waals surface area contributed by atoms with Crippen molar-refractivity contribution in [3.8, 4) is 11.5 Å². The van der Waals surface area contributed by atoms with Crippen molar-refractivity contribution in [3.63, 3.8) is 0 Å². The predicted octanol–water partition coefficient (Wildman–Crippen LogP) is 2.48. The van der Waals surface area contributed by atoms with Crippen molar-refractivity contribution in [3.05, 3.63) is 11.3 Å². The second-order valence-electron chi connectivity index (χ2n) is 7.49. The van der Waals surface area contributed by atoms with E-state index in [-0.39, 0.29) is 0 Å². The number of aryl methyl sites for hydroxylation is 1. The zero-order valence-electron chi connectivity index (χ0n) is 15.5. The van der Waals surface area contributed by atoms with Gasteiger partial charge in [0.2, 0.25) is 5.95 Å². The highest BCUT2D eigenvalue weighted by molar-refractivity contribution is 5.59. The van der Waals surface area contributed by atoms with Crippen LogP contribution in [0.25, 0.3) is 11.5 Å². The highest BCUT2D eigenvalue weighted by Gasteiger charge is 2.27. The number of H-pyrrole nitrogens is 1. The number of hydrogen-bond donors (Lipinski definition) is 1. The van der Waals surface area contributed by atoms with Crippen LogP contribution in [0.3, 0.4) is 0 Å². The largest absolute Gasteiger partial charge is 0.375 e. The van der Waals surface area contributed by atoms with Crippen LogP contribution < -0.4 is 4.90 Å². The molecule has 0 aromatic carbocycles. The number of hydrogen-bond acceptors (Lipinski definition) is 5. The Hall–Kier alpha value is -1.89. The Bertz CT molecular complexity index is 726. The van der Waals surface area contributed by atoms with Crippen molar-refractivity contribution in [2.24, 2.45) is 7.05 Å². The highest BCUT2D eigenvalue weighted by Crippen LogP contribution is 2.30. The summed E-state index contributed by atoms with van der Waals surface area (Å²) in [6, 6.07) is 0. The zero-order valence-corrected chi connectivity index (χ0v) is 15.5. The van der Waals surface area contributed by atoms with E-state index in [9.17, 15) is 0 Å². The summed E-state index contributed by atoms with van der Waals surface area (Å²) in [4.78, 5) is 2.32. The molecule has 7 nitrogen and oxygen atoms in total. The van der Waals surface area contributed by atoms with Gasteiger partial charge >= 0.3 is 0 Å². The quantitative estimate of drug-likeness (QED) is 0.922. The minimum absolute atomic E-state index is 0.295. The average molecular weight is 344 g/mol. The van der Waals surface area contributed by atoms with Crippen molar-refractivity contribution >= 4 is 5.95 Å². The average Bonchev–Trinajstić information content (AvgIpc) is 3.18. The maximum absolute atomic E-state index is 5.95. The number of ether oxygens (including phenoxy) is 1. The molecule has 1 aliphatic carbocycles. The number of aromatic amines is 1. The summed E-state index contributed by atoms with van der Waals surface area (Å²) in [7, 11) is 2.05. The summed E-state index contributed by atoms with van der Waals surface area (Å²) >= 11 is 0. The second kappa shape index (κ2) is 6.78. The maximum atomic E-state index is 5.95. The van der Waals surface area contributed by atoms with E-state index in [0.717, 1.165) is 56.2 Å². The van der Waals surface area contributed by atoms with Crippen LogP contribution in [-0.2, 0) is 24.6 Å². The van der Waals surface area contributed by atoms with E-state index in [2.05, 4.69) is 43.7 Å². The molecule has 0 spiro atoms. The molecule has 0 amide bonds. The lowest BCUT2D eigenvalue weighted by Crippen LogP contribution is -2.39. The van der Waals surface area contributed by atoms with Gasteiger partial charge in [-0.25, -0.2) is 0 Å². The standard InChI is InChI=1S/C18H28N6O/c1-12(2)25-13-8-10-24(11-9-13)18-22-21-17(23(18)3)16-14-6-4-5-7-15(14)19-20-16/h12-13H,4-11H2,1-3H3,(H,19,20). The topological polar surface area (TPSA) is 71.9 Å². The van der Waals surface area contributed by atoms with Gasteiger partial charge in [-0.05, 0) is 52.4 Å². The van der Waals surface area contributed by atoms with E-state index in [1.54, 1.807) is 0 Å². The molecular weight excluding hydrogens is 316 g/mol. The first-order chi connectivity index (χ1) is 12.1. The fraction of sp³-hybridized carbons (Fsp3) is 0.722. The van der Waals surface area contributed by atoms with E-state index in [1.807, 2.05) is 7.05 Å². The van der Waals surface area contributed by atoms with Crippen molar-refractivity contribution in [1.29, 1.82) is 0 Å². The molecule has 2 aromatic heterocycles. The number of rotatable bonds is 4. The lowest BCUT2D eigenvalue weighted by Gasteiger charge is -2.33. The maximum Gasteiger partial charge on any atom is 0.227 e. The van der Waals surface area contributed by atoms with Crippen LogP contribution in [0.1, 0.15) is 50.8 Å². The Balaban J connectivity index is 1.51. The molecule has 0 unspecified atom stereocenters. The van der Waals surface area contributed by atoms with Gasteiger partial charge in [-0.2, -0.15) is 5.10 Å². The number of nitrogens with zero attached hydrogens (tertiary/aromatic N) is 5. The number of fused-ring (bicyclic) bond motifs is 1. The lowest BCUT2D eigenvalue weighted by molar-refractivity contribution is -0.00495. The summed E-state index contributed by atoms with van der Waals surface area (Å²) in [6.07, 6.45) is 7.39. The van der Waals surface area contributed by atoms with Gasteiger partial charge in [-0.1, -0.05) is 0 Å². The molecule has 1 saturated heterocycles. The molecule has 0 atom stereocenters. The zero-order chi connectivity index (χ0) is 17.4. The molecule has 136 valence electrons. The Labute approximate surface area is 148 Å². The molecule has 4 rings (SSSR count). The summed E-state index contributed by atoms with van der Waals surface area (Å²) < 4.78 is 8.04. The molecule has 1 fully saturated rings. The van der Waals surface area contributed by atoms with Crippen LogP contribution in [0.4, 0.5) is 5.95 Å². The van der Waals surface area contributed by atoms with Crippen LogP contribution in [0.2, 0.25) is 0 Å². The first-order valence-corrected chi connectivity index (χ1v) is 9.49. The van der Waals surface area contributed by atoms with E-state index < -0.39 is 0 Å². The van der Waals surface area contributed by atoms with Crippen LogP contribution in [0.5, 0.6) is 0 Å². The van der Waals surface area contributed by atoms with Gasteiger partial charge in [-0.3, -0.25) is 9.67 Å². The van der Waals surface area contributed by atoms with Crippen LogP contribution in [0, 0.1) is 0 Å². The molecule has 7 heteroatoms. The molecule has 3 heterocycles. The fourth-order valence-electron chi connectivity index (χ4n) is 4.05. The van der Waals surface area contributed by atoms with Crippen LogP contribution in [-0.4, -0.2) is 50.3 Å². The van der Waals surface area contributed by atoms with Gasteiger partial charge in [0.1, 0.15) is 5.69 Å². The molecule has 2 aromatic rings. The van der Waals surface area contributed by atoms with Crippen molar-refractivity contribution in [2.75, 3.05) is 18.0 Å². The van der Waals surface area contributed by atoms with Crippen LogP contribution in [0.15, 0.2) is 0 Å². The van der Waals surface area contributed by atoms with Gasteiger partial charge in [0, 0.05) is 31.4 Å². The first kappa shape index (κ1) is 16.6. The van der Waals surface area contributed by atoms with Crippen molar-refractivity contribution in [2.45, 2.75) is 64.6 Å². The molecule has 1 N–H and O–H groups in total. The molecule has 0 saturated carbocycles. The molecule has 2 aliphatic rings. The number of nitrogens with one attached hydrogen (secondary N) is 1. The van der Waals surface area contributed by atoms with E-state index in [4.69, 9.17) is 4.74 Å². The molecule has 0 bridgehead atoms. The highest BCUT2D eigenvalue weighted by atomic mass is 16.5. The van der Waals surface area contributed by atoms with Crippen LogP contribution >= 0.6 is 0 Å². The van der Waals surface area contributed by atoms with Gasteiger partial charge < -0.3 is 9.64 Å². The van der Waals surface area contributed by atoms with E-state index >= 15 is 0 Å². The fourth-order valence-corrected chi connectivity index (χ4v) is 4.05. The van der Waals surface area contributed by atoms with E-state index in [1.165, 1.54) is 24.1 Å². The van der Waals surface area contributed by atoms with Crippen molar-refractivity contribution < 1.29 is 4.74 Å². The molecule has 25 heavy (non-hydrogen) atoms. The van der Waals surface area contributed by atoms with Crippen molar-refractivity contribution in [1.82, 2.24) is 25.0 Å². The smallest absolute Gasteiger partial charge is 0.227 e. The predicted molar refractivity (Wildman–Crippen MR) is 96.7 cm³/mol. The Morgan fingerprint density at radius 1 is 1.12 bits per heavy atom. The number of aromatic nitrogens is 5. The monoisotopic (exact) mass is 344 g/mol. The van der Waals surface area contributed by atoms with Gasteiger partial charge in [0.25, 0.3) is 0 Å². The molecular formula is C18H28N6O. The third-order valence-corrected chi connectivity index (χ3v) is 5.31. The Morgan fingerprint density at radius 3 is 2.64 bits per heavy atom. The molecule has 0 radical (unpaired) electrons.